The molecular formula is C12H19ClN4O2. The number of methoxy groups -OCH3 is 1. The molecule has 6 nitrogen and oxygen atoms in total. The van der Waals surface area contributed by atoms with Crippen molar-refractivity contribution in [1.82, 2.24) is 9.97 Å². The number of nitrogens with zero attached hydrogens (tertiary/aromatic N) is 2. The van der Waals surface area contributed by atoms with Crippen LogP contribution in [0.2, 0.25) is 5.15 Å². The maximum absolute atomic E-state index is 11.3. The number of hydrogen-bond donors (Lipinski definition) is 2. The van der Waals surface area contributed by atoms with Gasteiger partial charge in [-0.15, -0.1) is 0 Å². The lowest BCUT2D eigenvalue weighted by Gasteiger charge is -2.09. The Morgan fingerprint density at radius 1 is 1.37 bits per heavy atom. The average molecular weight is 287 g/mol. The quantitative estimate of drug-likeness (QED) is 0.591. The van der Waals surface area contributed by atoms with Gasteiger partial charge in [-0.1, -0.05) is 37.8 Å². The first-order chi connectivity index (χ1) is 9.10. The van der Waals surface area contributed by atoms with Crippen molar-refractivity contribution in [3.05, 3.63) is 10.8 Å². The average Bonchev–Trinajstić information content (AvgIpc) is 2.41. The second-order valence-electron chi connectivity index (χ2n) is 4.08. The molecule has 0 saturated heterocycles. The lowest BCUT2D eigenvalue weighted by atomic mass is 10.2. The standard InChI is InChI=1S/C12H19ClN4O2/c1-3-4-5-6-7-15-11-9(13)16-8(10(14)17-11)12(18)19-2/h3-7H2,1-2H3,(H3,14,15,17). The number of aromatic nitrogens is 2. The molecule has 3 N–H and O–H groups in total. The van der Waals surface area contributed by atoms with Crippen molar-refractivity contribution in [3.63, 3.8) is 0 Å². The van der Waals surface area contributed by atoms with Crippen LogP contribution in [0.1, 0.15) is 43.1 Å². The smallest absolute Gasteiger partial charge is 0.360 e. The lowest BCUT2D eigenvalue weighted by molar-refractivity contribution is 0.0595. The van der Waals surface area contributed by atoms with Crippen LogP contribution in [0.3, 0.4) is 0 Å². The van der Waals surface area contributed by atoms with E-state index in [4.69, 9.17) is 17.3 Å². The zero-order valence-electron chi connectivity index (χ0n) is 11.2. The fourth-order valence-corrected chi connectivity index (χ4v) is 1.74. The van der Waals surface area contributed by atoms with E-state index in [0.717, 1.165) is 19.4 Å². The van der Waals surface area contributed by atoms with Crippen molar-refractivity contribution in [1.29, 1.82) is 0 Å². The Labute approximate surface area is 117 Å². The number of nitrogens with two attached hydrogens (primary N) is 1. The molecule has 0 amide bonds. The van der Waals surface area contributed by atoms with Crippen molar-refractivity contribution in [2.75, 3.05) is 24.7 Å². The minimum Gasteiger partial charge on any atom is -0.464 e. The van der Waals surface area contributed by atoms with E-state index in [2.05, 4.69) is 26.9 Å². The van der Waals surface area contributed by atoms with E-state index in [-0.39, 0.29) is 16.7 Å². The second-order valence-corrected chi connectivity index (χ2v) is 4.43. The van der Waals surface area contributed by atoms with Crippen molar-refractivity contribution in [3.8, 4) is 0 Å². The highest BCUT2D eigenvalue weighted by molar-refractivity contribution is 6.31. The van der Waals surface area contributed by atoms with Crippen molar-refractivity contribution < 1.29 is 9.53 Å². The largest absolute Gasteiger partial charge is 0.464 e. The molecule has 0 aliphatic carbocycles. The topological polar surface area (TPSA) is 90.1 Å². The predicted molar refractivity (Wildman–Crippen MR) is 75.4 cm³/mol. The molecular weight excluding hydrogens is 268 g/mol. The van der Waals surface area contributed by atoms with Gasteiger partial charge in [-0.3, -0.25) is 0 Å². The highest BCUT2D eigenvalue weighted by atomic mass is 35.5. The molecule has 106 valence electrons. The molecule has 1 aromatic rings. The minimum atomic E-state index is -0.651. The Morgan fingerprint density at radius 2 is 2.11 bits per heavy atom. The van der Waals surface area contributed by atoms with E-state index in [9.17, 15) is 4.79 Å². The summed E-state index contributed by atoms with van der Waals surface area (Å²) in [6.45, 7) is 2.90. The van der Waals surface area contributed by atoms with Crippen molar-refractivity contribution in [2.24, 2.45) is 0 Å². The molecule has 0 bridgehead atoms. The number of rotatable bonds is 7. The van der Waals surface area contributed by atoms with Crippen LogP contribution in [0.4, 0.5) is 11.6 Å². The third-order valence-corrected chi connectivity index (χ3v) is 2.85. The monoisotopic (exact) mass is 286 g/mol. The molecule has 0 radical (unpaired) electrons. The van der Waals surface area contributed by atoms with Gasteiger partial charge in [0.2, 0.25) is 0 Å². The summed E-state index contributed by atoms with van der Waals surface area (Å²) >= 11 is 5.94. The SMILES string of the molecule is CCCCCCNc1nc(N)c(C(=O)OC)nc1Cl. The summed E-state index contributed by atoms with van der Waals surface area (Å²) in [5.41, 5.74) is 5.58. The van der Waals surface area contributed by atoms with Crippen molar-refractivity contribution >= 4 is 29.2 Å². The molecule has 0 aliphatic heterocycles. The molecule has 1 heterocycles. The Kier molecular flexibility index (Phi) is 6.35. The molecule has 0 fully saturated rings. The zero-order chi connectivity index (χ0) is 14.3. The maximum atomic E-state index is 11.3. The Morgan fingerprint density at radius 3 is 2.74 bits per heavy atom. The molecule has 0 unspecified atom stereocenters. The van der Waals surface area contributed by atoms with Gasteiger partial charge in [0.15, 0.2) is 22.5 Å². The fraction of sp³-hybridized carbons (Fsp3) is 0.583. The molecule has 0 atom stereocenters. The summed E-state index contributed by atoms with van der Waals surface area (Å²) in [6, 6.07) is 0. The minimum absolute atomic E-state index is 0.00677. The molecule has 1 rings (SSSR count). The highest BCUT2D eigenvalue weighted by Crippen LogP contribution is 2.21. The molecule has 0 spiro atoms. The van der Waals surface area contributed by atoms with Gasteiger partial charge in [0.05, 0.1) is 7.11 Å². The number of esters is 1. The van der Waals surface area contributed by atoms with Crippen LogP contribution in [-0.2, 0) is 4.74 Å². The van der Waals surface area contributed by atoms with Crippen LogP contribution < -0.4 is 11.1 Å². The molecule has 0 aliphatic rings. The van der Waals surface area contributed by atoms with Crippen molar-refractivity contribution in [2.45, 2.75) is 32.6 Å². The molecule has 0 saturated carbocycles. The van der Waals surface area contributed by atoms with Gasteiger partial charge in [0.1, 0.15) is 0 Å². The summed E-state index contributed by atoms with van der Waals surface area (Å²) in [5.74, 6) is -0.253. The molecule has 19 heavy (non-hydrogen) atoms. The summed E-state index contributed by atoms with van der Waals surface area (Å²) in [4.78, 5) is 19.3. The summed E-state index contributed by atoms with van der Waals surface area (Å²) in [6.07, 6.45) is 4.54. The van der Waals surface area contributed by atoms with Gasteiger partial charge in [-0.2, -0.15) is 0 Å². The number of hydrogen-bond acceptors (Lipinski definition) is 6. The van der Waals surface area contributed by atoms with Gasteiger partial charge in [-0.05, 0) is 6.42 Å². The van der Waals surface area contributed by atoms with E-state index in [0.29, 0.717) is 5.82 Å². The molecule has 7 heteroatoms. The Hall–Kier alpha value is -1.56. The van der Waals surface area contributed by atoms with E-state index < -0.39 is 5.97 Å². The highest BCUT2D eigenvalue weighted by Gasteiger charge is 2.16. The normalized spacial score (nSPS) is 10.3. The molecule has 0 aromatic carbocycles. The maximum Gasteiger partial charge on any atom is 0.360 e. The van der Waals surface area contributed by atoms with Gasteiger partial charge in [0, 0.05) is 6.54 Å². The van der Waals surface area contributed by atoms with E-state index in [1.165, 1.54) is 20.0 Å². The number of anilines is 2. The van der Waals surface area contributed by atoms with E-state index >= 15 is 0 Å². The first kappa shape index (κ1) is 15.5. The van der Waals surface area contributed by atoms with Crippen LogP contribution in [0, 0.1) is 0 Å². The first-order valence-electron chi connectivity index (χ1n) is 6.25. The number of halogens is 1. The van der Waals surface area contributed by atoms with Crippen LogP contribution in [0.5, 0.6) is 0 Å². The third-order valence-electron chi connectivity index (χ3n) is 2.58. The van der Waals surface area contributed by atoms with Crippen LogP contribution in [0.15, 0.2) is 0 Å². The predicted octanol–water partition coefficient (Wildman–Crippen LogP) is 2.49. The second kappa shape index (κ2) is 7.78. The Balaban J connectivity index is 2.65. The summed E-state index contributed by atoms with van der Waals surface area (Å²) in [5, 5.41) is 3.17. The van der Waals surface area contributed by atoms with E-state index in [1.807, 2.05) is 0 Å². The number of unbranched alkanes of at least 4 members (excludes halogenated alkanes) is 3. The van der Waals surface area contributed by atoms with Gasteiger partial charge in [0.25, 0.3) is 0 Å². The first-order valence-corrected chi connectivity index (χ1v) is 6.63. The van der Waals surface area contributed by atoms with E-state index in [1.54, 1.807) is 0 Å². The fourth-order valence-electron chi connectivity index (χ4n) is 1.55. The summed E-state index contributed by atoms with van der Waals surface area (Å²) < 4.78 is 4.54. The Bertz CT molecular complexity index is 440. The number of ether oxygens (including phenoxy) is 1. The summed E-state index contributed by atoms with van der Waals surface area (Å²) in [7, 11) is 1.25. The zero-order valence-corrected chi connectivity index (χ0v) is 12.0. The third kappa shape index (κ3) is 4.55. The van der Waals surface area contributed by atoms with Crippen LogP contribution in [-0.4, -0.2) is 29.6 Å². The number of carbonyl (C=O) groups is 1. The van der Waals surface area contributed by atoms with Crippen LogP contribution >= 0.6 is 11.6 Å². The van der Waals surface area contributed by atoms with Crippen LogP contribution in [0.25, 0.3) is 0 Å². The number of nitrogen functional groups attached to an aromatic ring is 1. The van der Waals surface area contributed by atoms with Gasteiger partial charge >= 0.3 is 5.97 Å². The van der Waals surface area contributed by atoms with Gasteiger partial charge in [-0.25, -0.2) is 14.8 Å². The molecule has 1 aromatic heterocycles. The van der Waals surface area contributed by atoms with Gasteiger partial charge < -0.3 is 15.8 Å². The lowest BCUT2D eigenvalue weighted by Crippen LogP contribution is -2.13. The number of carbonyl (C=O) groups excluding carboxylic acids is 1. The number of nitrogens with one attached hydrogen (secondary N) is 1.